The fourth-order valence-electron chi connectivity index (χ4n) is 1.17. The molecule has 112 valence electrons. The first-order valence-electron chi connectivity index (χ1n) is 5.66. The van der Waals surface area contributed by atoms with E-state index >= 15 is 0 Å². The number of hydrogen-bond donors (Lipinski definition) is 2. The molecule has 0 heterocycles. The van der Waals surface area contributed by atoms with E-state index in [1.54, 1.807) is 20.8 Å². The molecule has 20 heavy (non-hydrogen) atoms. The van der Waals surface area contributed by atoms with Crippen LogP contribution in [0.5, 0.6) is 5.75 Å². The summed E-state index contributed by atoms with van der Waals surface area (Å²) in [5, 5.41) is 0. The number of carbonyl (C=O) groups is 1. The van der Waals surface area contributed by atoms with Crippen LogP contribution in [0.15, 0.2) is 24.3 Å². The highest BCUT2D eigenvalue weighted by atomic mass is 19.4. The summed E-state index contributed by atoms with van der Waals surface area (Å²) in [6.07, 6.45) is -5.43. The van der Waals surface area contributed by atoms with Gasteiger partial charge in [0.1, 0.15) is 11.4 Å². The number of carbonyl (C=O) groups excluding carboxylic acids is 1. The minimum Gasteiger partial charge on any atom is -0.443 e. The van der Waals surface area contributed by atoms with Gasteiger partial charge in [-0.25, -0.2) is 10.2 Å². The number of hydrogen-bond acceptors (Lipinski definition) is 4. The average molecular weight is 292 g/mol. The van der Waals surface area contributed by atoms with Crippen LogP contribution in [0.1, 0.15) is 20.8 Å². The van der Waals surface area contributed by atoms with Gasteiger partial charge in [-0.05, 0) is 45.0 Å². The fraction of sp³-hybridized carbons (Fsp3) is 0.417. The third-order valence-electron chi connectivity index (χ3n) is 1.80. The standard InChI is InChI=1S/C12H15F3N2O3/c1-11(2,3)20-10(18)17-16-8-4-6-9(7-5-8)19-12(13,14)15/h4-7,16H,1-3H3,(H,17,18). The zero-order valence-electron chi connectivity index (χ0n) is 11.2. The second-order valence-electron chi connectivity index (χ2n) is 4.82. The van der Waals surface area contributed by atoms with Crippen LogP contribution in [0.2, 0.25) is 0 Å². The Balaban J connectivity index is 2.48. The molecule has 0 saturated heterocycles. The lowest BCUT2D eigenvalue weighted by Gasteiger charge is -2.20. The molecule has 0 aliphatic rings. The summed E-state index contributed by atoms with van der Waals surface area (Å²) in [4.78, 5) is 11.3. The second kappa shape index (κ2) is 5.89. The first-order valence-corrected chi connectivity index (χ1v) is 5.66. The summed E-state index contributed by atoms with van der Waals surface area (Å²) >= 11 is 0. The van der Waals surface area contributed by atoms with Crippen molar-refractivity contribution in [2.45, 2.75) is 32.7 Å². The first-order chi connectivity index (χ1) is 9.05. The molecule has 5 nitrogen and oxygen atoms in total. The minimum atomic E-state index is -4.73. The molecule has 0 saturated carbocycles. The highest BCUT2D eigenvalue weighted by Gasteiger charge is 2.30. The predicted octanol–water partition coefficient (Wildman–Crippen LogP) is 3.44. The quantitative estimate of drug-likeness (QED) is 0.838. The van der Waals surface area contributed by atoms with Gasteiger partial charge in [0.2, 0.25) is 0 Å². The summed E-state index contributed by atoms with van der Waals surface area (Å²) in [5.74, 6) is -0.347. The summed E-state index contributed by atoms with van der Waals surface area (Å²) in [6, 6.07) is 4.87. The third-order valence-corrected chi connectivity index (χ3v) is 1.80. The van der Waals surface area contributed by atoms with Crippen LogP contribution in [0, 0.1) is 0 Å². The molecule has 1 aromatic rings. The lowest BCUT2D eigenvalue weighted by Crippen LogP contribution is -2.35. The number of halogens is 3. The fourth-order valence-corrected chi connectivity index (χ4v) is 1.17. The van der Waals surface area contributed by atoms with E-state index in [0.717, 1.165) is 12.1 Å². The number of benzene rings is 1. The van der Waals surface area contributed by atoms with Crippen molar-refractivity contribution in [3.05, 3.63) is 24.3 Å². The molecule has 0 unspecified atom stereocenters. The van der Waals surface area contributed by atoms with Gasteiger partial charge in [0, 0.05) is 0 Å². The number of nitrogens with one attached hydrogen (secondary N) is 2. The SMILES string of the molecule is CC(C)(C)OC(=O)NNc1ccc(OC(F)(F)F)cc1. The third kappa shape index (κ3) is 6.72. The number of ether oxygens (including phenoxy) is 2. The van der Waals surface area contributed by atoms with Crippen molar-refractivity contribution in [1.82, 2.24) is 5.43 Å². The number of amides is 1. The largest absolute Gasteiger partial charge is 0.573 e. The summed E-state index contributed by atoms with van der Waals surface area (Å²) in [6.45, 7) is 5.11. The maximum absolute atomic E-state index is 11.9. The summed E-state index contributed by atoms with van der Waals surface area (Å²) in [5.41, 5.74) is 4.48. The Bertz CT molecular complexity index is 453. The molecule has 0 aromatic heterocycles. The predicted molar refractivity (Wildman–Crippen MR) is 66.1 cm³/mol. The van der Waals surface area contributed by atoms with Crippen molar-refractivity contribution < 1.29 is 27.4 Å². The topological polar surface area (TPSA) is 59.6 Å². The molecule has 8 heteroatoms. The minimum absolute atomic E-state index is 0.347. The van der Waals surface area contributed by atoms with E-state index in [0.29, 0.717) is 5.69 Å². The highest BCUT2D eigenvalue weighted by Crippen LogP contribution is 2.23. The molecule has 0 aliphatic heterocycles. The van der Waals surface area contributed by atoms with Crippen molar-refractivity contribution >= 4 is 11.8 Å². The van der Waals surface area contributed by atoms with Crippen LogP contribution in [0.25, 0.3) is 0 Å². The van der Waals surface area contributed by atoms with E-state index in [4.69, 9.17) is 4.74 Å². The monoisotopic (exact) mass is 292 g/mol. The van der Waals surface area contributed by atoms with E-state index in [-0.39, 0.29) is 5.75 Å². The van der Waals surface area contributed by atoms with E-state index < -0.39 is 18.1 Å². The van der Waals surface area contributed by atoms with E-state index in [1.807, 2.05) is 0 Å². The van der Waals surface area contributed by atoms with Gasteiger partial charge in [0.05, 0.1) is 5.69 Å². The Labute approximate surface area is 114 Å². The average Bonchev–Trinajstić information content (AvgIpc) is 2.23. The van der Waals surface area contributed by atoms with Crippen LogP contribution < -0.4 is 15.6 Å². The van der Waals surface area contributed by atoms with Gasteiger partial charge in [-0.15, -0.1) is 13.2 Å². The number of anilines is 1. The number of rotatable bonds is 3. The first kappa shape index (κ1) is 15.9. The Kier molecular flexibility index (Phi) is 4.69. The van der Waals surface area contributed by atoms with E-state index in [9.17, 15) is 18.0 Å². The molecule has 0 radical (unpaired) electrons. The molecule has 1 rings (SSSR count). The van der Waals surface area contributed by atoms with Crippen LogP contribution >= 0.6 is 0 Å². The lowest BCUT2D eigenvalue weighted by molar-refractivity contribution is -0.274. The Morgan fingerprint density at radius 1 is 1.10 bits per heavy atom. The highest BCUT2D eigenvalue weighted by molar-refractivity contribution is 5.69. The maximum Gasteiger partial charge on any atom is 0.573 e. The summed E-state index contributed by atoms with van der Waals surface area (Å²) in [7, 11) is 0. The van der Waals surface area contributed by atoms with Crippen LogP contribution in [-0.4, -0.2) is 18.1 Å². The Hall–Kier alpha value is -2.12. The smallest absolute Gasteiger partial charge is 0.443 e. The molecule has 0 spiro atoms. The zero-order chi connectivity index (χ0) is 15.4. The number of hydrazine groups is 1. The van der Waals surface area contributed by atoms with Crippen molar-refractivity contribution in [2.24, 2.45) is 0 Å². The lowest BCUT2D eigenvalue weighted by atomic mass is 10.2. The van der Waals surface area contributed by atoms with Gasteiger partial charge < -0.3 is 9.47 Å². The molecule has 0 atom stereocenters. The van der Waals surface area contributed by atoms with Crippen molar-refractivity contribution in [1.29, 1.82) is 0 Å². The molecular formula is C12H15F3N2O3. The van der Waals surface area contributed by atoms with Crippen molar-refractivity contribution in [2.75, 3.05) is 5.43 Å². The second-order valence-corrected chi connectivity index (χ2v) is 4.82. The van der Waals surface area contributed by atoms with Crippen LogP contribution in [-0.2, 0) is 4.74 Å². The van der Waals surface area contributed by atoms with Gasteiger partial charge in [-0.3, -0.25) is 5.43 Å². The number of alkyl halides is 3. The molecule has 2 N–H and O–H groups in total. The van der Waals surface area contributed by atoms with Gasteiger partial charge >= 0.3 is 12.5 Å². The van der Waals surface area contributed by atoms with Gasteiger partial charge in [-0.1, -0.05) is 0 Å². The maximum atomic E-state index is 11.9. The Morgan fingerprint density at radius 3 is 2.10 bits per heavy atom. The van der Waals surface area contributed by atoms with Crippen LogP contribution in [0.3, 0.4) is 0 Å². The van der Waals surface area contributed by atoms with Gasteiger partial charge in [-0.2, -0.15) is 0 Å². The molecule has 0 fully saturated rings. The Morgan fingerprint density at radius 2 is 1.65 bits per heavy atom. The molecule has 0 aliphatic carbocycles. The van der Waals surface area contributed by atoms with Crippen LogP contribution in [0.4, 0.5) is 23.7 Å². The summed E-state index contributed by atoms with van der Waals surface area (Å²) < 4.78 is 44.5. The van der Waals surface area contributed by atoms with Crippen molar-refractivity contribution in [3.63, 3.8) is 0 Å². The zero-order valence-corrected chi connectivity index (χ0v) is 11.2. The van der Waals surface area contributed by atoms with Gasteiger partial charge in [0.15, 0.2) is 0 Å². The molecule has 1 amide bonds. The van der Waals surface area contributed by atoms with E-state index in [2.05, 4.69) is 15.6 Å². The molecular weight excluding hydrogens is 277 g/mol. The van der Waals surface area contributed by atoms with Crippen molar-refractivity contribution in [3.8, 4) is 5.75 Å². The van der Waals surface area contributed by atoms with E-state index in [1.165, 1.54) is 12.1 Å². The molecule has 1 aromatic carbocycles. The molecule has 0 bridgehead atoms. The van der Waals surface area contributed by atoms with Gasteiger partial charge in [0.25, 0.3) is 0 Å². The normalized spacial score (nSPS) is 11.7.